The average molecular weight is 592 g/mol. The zero-order chi connectivity index (χ0) is 29.5. The zero-order valence-electron chi connectivity index (χ0n) is 24.4. The van der Waals surface area contributed by atoms with E-state index in [1.165, 1.54) is 82.0 Å². The van der Waals surface area contributed by atoms with Gasteiger partial charge in [0.2, 0.25) is 17.1 Å². The third-order valence-electron chi connectivity index (χ3n) is 9.48. The highest BCUT2D eigenvalue weighted by Crippen LogP contribution is 2.56. The predicted octanol–water partition coefficient (Wildman–Crippen LogP) is 11.2. The molecule has 210 valence electrons. The van der Waals surface area contributed by atoms with Crippen LogP contribution in [0.1, 0.15) is 5.56 Å². The molecule has 0 spiro atoms. The highest BCUT2D eigenvalue weighted by Gasteiger charge is 2.49. The molecule has 0 amide bonds. The van der Waals surface area contributed by atoms with Crippen molar-refractivity contribution in [3.63, 3.8) is 0 Å². The van der Waals surface area contributed by atoms with Crippen LogP contribution in [-0.4, -0.2) is 11.8 Å². The summed E-state index contributed by atoms with van der Waals surface area (Å²) in [6.45, 7) is 0. The SMILES string of the molecule is C1=CC2=[N+](c3cc(-c4ccccc4)cc(-c4ccccc4)c3)c3ccccc3N3c4c(ccc5c4sc4ccccc45)C(=C1)C23. The molecule has 45 heavy (non-hydrogen) atoms. The Morgan fingerprint density at radius 2 is 1.29 bits per heavy atom. The largest absolute Gasteiger partial charge is 0.316 e. The van der Waals surface area contributed by atoms with Crippen LogP contribution in [0.5, 0.6) is 0 Å². The Bertz CT molecular complexity index is 2370. The predicted molar refractivity (Wildman–Crippen MR) is 193 cm³/mol. The molecular weight excluding hydrogens is 565 g/mol. The van der Waals surface area contributed by atoms with Gasteiger partial charge in [0.1, 0.15) is 11.7 Å². The van der Waals surface area contributed by atoms with Gasteiger partial charge in [-0.1, -0.05) is 115 Å². The summed E-state index contributed by atoms with van der Waals surface area (Å²) >= 11 is 1.92. The van der Waals surface area contributed by atoms with Crippen molar-refractivity contribution in [3.05, 3.63) is 163 Å². The Morgan fingerprint density at radius 3 is 2.07 bits per heavy atom. The fraction of sp³-hybridized carbons (Fsp3) is 0.0238. The number of hydrogen-bond donors (Lipinski definition) is 0. The lowest BCUT2D eigenvalue weighted by Crippen LogP contribution is -2.43. The van der Waals surface area contributed by atoms with Crippen LogP contribution >= 0.6 is 11.3 Å². The number of rotatable bonds is 3. The Hall–Kier alpha value is -5.51. The van der Waals surface area contributed by atoms with Crippen LogP contribution in [0.4, 0.5) is 22.7 Å². The third-order valence-corrected chi connectivity index (χ3v) is 10.7. The topological polar surface area (TPSA) is 6.25 Å². The number of para-hydroxylation sites is 2. The minimum Gasteiger partial charge on any atom is -0.316 e. The molecule has 2 nitrogen and oxygen atoms in total. The Kier molecular flexibility index (Phi) is 5.25. The highest BCUT2D eigenvalue weighted by molar-refractivity contribution is 7.26. The second kappa shape index (κ2) is 9.49. The van der Waals surface area contributed by atoms with Gasteiger partial charge in [-0.25, -0.2) is 0 Å². The molecule has 1 unspecified atom stereocenters. The number of hydrogen-bond acceptors (Lipinski definition) is 2. The van der Waals surface area contributed by atoms with Gasteiger partial charge in [0, 0.05) is 45.3 Å². The first-order chi connectivity index (χ1) is 22.3. The molecule has 0 N–H and O–H groups in total. The molecule has 0 saturated carbocycles. The van der Waals surface area contributed by atoms with E-state index in [4.69, 9.17) is 0 Å². The lowest BCUT2D eigenvalue weighted by molar-refractivity contribution is 0.934. The maximum atomic E-state index is 2.61. The van der Waals surface area contributed by atoms with Gasteiger partial charge in [-0.15, -0.1) is 11.3 Å². The van der Waals surface area contributed by atoms with Crippen LogP contribution in [-0.2, 0) is 0 Å². The number of benzene rings is 6. The molecule has 0 saturated heterocycles. The summed E-state index contributed by atoms with van der Waals surface area (Å²) < 4.78 is 5.21. The summed E-state index contributed by atoms with van der Waals surface area (Å²) in [5.74, 6) is 0. The van der Waals surface area contributed by atoms with Gasteiger partial charge in [0.25, 0.3) is 0 Å². The van der Waals surface area contributed by atoms with E-state index in [-0.39, 0.29) is 6.04 Å². The molecule has 10 rings (SSSR count). The molecular formula is C42H27N2S+. The number of nitrogens with zero attached hydrogens (tertiary/aromatic N) is 2. The Balaban J connectivity index is 1.26. The number of allylic oxidation sites excluding steroid dienone is 2. The van der Waals surface area contributed by atoms with E-state index in [0.717, 1.165) is 0 Å². The first-order valence-electron chi connectivity index (χ1n) is 15.5. The van der Waals surface area contributed by atoms with Gasteiger partial charge in [0.15, 0.2) is 0 Å². The van der Waals surface area contributed by atoms with Gasteiger partial charge in [-0.3, -0.25) is 0 Å². The molecule has 3 aliphatic rings. The minimum atomic E-state index is 0.0938. The normalized spacial score (nSPS) is 16.1. The molecule has 7 aromatic rings. The smallest absolute Gasteiger partial charge is 0.235 e. The van der Waals surface area contributed by atoms with Crippen molar-refractivity contribution in [2.75, 3.05) is 4.90 Å². The van der Waals surface area contributed by atoms with Crippen molar-refractivity contribution in [2.24, 2.45) is 0 Å². The fourth-order valence-electron chi connectivity index (χ4n) is 7.55. The number of fused-ring (bicyclic) bond motifs is 9. The summed E-state index contributed by atoms with van der Waals surface area (Å²) in [5.41, 5.74) is 13.8. The second-order valence-electron chi connectivity index (χ2n) is 11.9. The van der Waals surface area contributed by atoms with Crippen LogP contribution in [0.3, 0.4) is 0 Å². The van der Waals surface area contributed by atoms with Crippen molar-refractivity contribution in [2.45, 2.75) is 6.04 Å². The van der Waals surface area contributed by atoms with E-state index in [9.17, 15) is 0 Å². The van der Waals surface area contributed by atoms with Gasteiger partial charge in [0.05, 0.1) is 10.4 Å². The van der Waals surface area contributed by atoms with Crippen LogP contribution in [0.25, 0.3) is 48.0 Å². The third kappa shape index (κ3) is 3.59. The summed E-state index contributed by atoms with van der Waals surface area (Å²) in [6.07, 6.45) is 6.89. The molecule has 3 heterocycles. The van der Waals surface area contributed by atoms with Gasteiger partial charge < -0.3 is 4.90 Å². The van der Waals surface area contributed by atoms with Gasteiger partial charge in [-0.2, -0.15) is 4.58 Å². The monoisotopic (exact) mass is 591 g/mol. The quantitative estimate of drug-likeness (QED) is 0.185. The Labute approximate surface area is 265 Å². The van der Waals surface area contributed by atoms with Crippen molar-refractivity contribution in [1.29, 1.82) is 0 Å². The second-order valence-corrected chi connectivity index (χ2v) is 13.0. The first-order valence-corrected chi connectivity index (χ1v) is 16.3. The molecule has 0 bridgehead atoms. The van der Waals surface area contributed by atoms with E-state index >= 15 is 0 Å². The highest BCUT2D eigenvalue weighted by atomic mass is 32.1. The van der Waals surface area contributed by atoms with Crippen molar-refractivity contribution < 1.29 is 0 Å². The number of anilines is 2. The van der Waals surface area contributed by atoms with Crippen molar-refractivity contribution >= 4 is 65.5 Å². The Morgan fingerprint density at radius 1 is 0.600 bits per heavy atom. The van der Waals surface area contributed by atoms with E-state index in [2.05, 4.69) is 167 Å². The molecule has 1 atom stereocenters. The molecule has 3 heteroatoms. The fourth-order valence-corrected chi connectivity index (χ4v) is 8.80. The molecule has 0 radical (unpaired) electrons. The average Bonchev–Trinajstić information content (AvgIpc) is 3.66. The summed E-state index contributed by atoms with van der Waals surface area (Å²) in [5, 5.41) is 2.68. The maximum Gasteiger partial charge on any atom is 0.235 e. The molecule has 1 aliphatic carbocycles. The number of thiophene rings is 1. The zero-order valence-corrected chi connectivity index (χ0v) is 25.2. The van der Waals surface area contributed by atoms with Crippen LogP contribution in [0.15, 0.2) is 158 Å². The van der Waals surface area contributed by atoms with Crippen LogP contribution in [0, 0.1) is 0 Å². The molecule has 1 aromatic heterocycles. The minimum absolute atomic E-state index is 0.0938. The van der Waals surface area contributed by atoms with Gasteiger partial charge >= 0.3 is 0 Å². The van der Waals surface area contributed by atoms with Crippen molar-refractivity contribution in [1.82, 2.24) is 4.58 Å². The van der Waals surface area contributed by atoms with E-state index < -0.39 is 0 Å². The van der Waals surface area contributed by atoms with Crippen LogP contribution < -0.4 is 9.48 Å². The summed E-state index contributed by atoms with van der Waals surface area (Å²) in [7, 11) is 0. The molecule has 6 aromatic carbocycles. The standard InChI is InChI=1S/C42H27N2S/c1-3-12-27(13-4-1)29-24-30(28-14-5-2-6-15-28)26-31(25-29)43-36-18-8-9-19-37(36)44-40-33(17-11-20-38(40)43)34-22-23-35-32-16-7-10-21-39(32)45-42(35)41(34)44/h1-26,40H/q+1. The summed E-state index contributed by atoms with van der Waals surface area (Å²) in [6, 6.07) is 51.1. The van der Waals surface area contributed by atoms with E-state index in [1.54, 1.807) is 0 Å². The molecule has 0 fully saturated rings. The van der Waals surface area contributed by atoms with Crippen LogP contribution in [0.2, 0.25) is 0 Å². The summed E-state index contributed by atoms with van der Waals surface area (Å²) in [4.78, 5) is 2.61. The lowest BCUT2D eigenvalue weighted by atomic mass is 9.91. The van der Waals surface area contributed by atoms with E-state index in [0.29, 0.717) is 0 Å². The molecule has 2 aliphatic heterocycles. The van der Waals surface area contributed by atoms with Crippen molar-refractivity contribution in [3.8, 4) is 22.3 Å². The first kappa shape index (κ1) is 24.9. The van der Waals surface area contributed by atoms with Gasteiger partial charge in [-0.05, 0) is 46.0 Å². The van der Waals surface area contributed by atoms with E-state index in [1.807, 2.05) is 11.3 Å². The maximum absolute atomic E-state index is 2.61. The lowest BCUT2D eigenvalue weighted by Gasteiger charge is -2.33.